The molecule has 15 heteroatoms. The van der Waals surface area contributed by atoms with Crippen molar-refractivity contribution in [2.75, 3.05) is 12.4 Å². The van der Waals surface area contributed by atoms with Gasteiger partial charge in [0.15, 0.2) is 23.4 Å². The van der Waals surface area contributed by atoms with E-state index in [1.807, 2.05) is 19.1 Å². The number of anilines is 1. The number of rotatable bonds is 10. The Labute approximate surface area is 311 Å². The minimum atomic E-state index is -1.57. The number of ether oxygens (including phenoxy) is 6. The molecule has 0 spiro atoms. The van der Waals surface area contributed by atoms with Gasteiger partial charge in [0.05, 0.1) is 7.11 Å². The molecule has 2 aromatic rings. The maximum Gasteiger partial charge on any atom is 0.339 e. The third-order valence-corrected chi connectivity index (χ3v) is 12.1. The second-order valence-electron chi connectivity index (χ2n) is 14.7. The van der Waals surface area contributed by atoms with E-state index in [-0.39, 0.29) is 29.6 Å². The first-order valence-corrected chi connectivity index (χ1v) is 18.8. The standard InChI is InChI=1S/C38H46N2O12S/c1-18-17-39-37(53-18)40-29(45)12-8-23-16-28(44)38(5)14-13-26-25-11-9-24(15-22(25)7-10-27(26)30(23)38)51-36-34(50-21(4)43)32(49-20(3)42)31(48-19(2)41)33(52-36)35(46)47-6/h9,11,15,17,23,26-27,30-34,36H,7-8,10,12-14,16H2,1-6H3,(H,39,40,45)/t23?,26?,27?,30?,31-,32-,33-,34+,36+,38+/m0/s1. The molecule has 3 fully saturated rings. The summed E-state index contributed by atoms with van der Waals surface area (Å²) in [4.78, 5) is 80.9. The van der Waals surface area contributed by atoms with Crippen LogP contribution < -0.4 is 10.1 Å². The van der Waals surface area contributed by atoms with E-state index in [0.29, 0.717) is 35.9 Å². The van der Waals surface area contributed by atoms with Crippen molar-refractivity contribution >= 4 is 52.0 Å². The second-order valence-corrected chi connectivity index (χ2v) is 15.9. The largest absolute Gasteiger partial charge is 0.467 e. The number of carbonyl (C=O) groups excluding carboxylic acids is 6. The summed E-state index contributed by atoms with van der Waals surface area (Å²) in [6.07, 6.45) is -1.00. The van der Waals surface area contributed by atoms with E-state index >= 15 is 0 Å². The van der Waals surface area contributed by atoms with Crippen LogP contribution in [0.1, 0.15) is 88.1 Å². The van der Waals surface area contributed by atoms with Gasteiger partial charge in [-0.25, -0.2) is 9.78 Å². The third kappa shape index (κ3) is 7.96. The number of nitrogens with zero attached hydrogens (tertiary/aromatic N) is 1. The SMILES string of the molecule is COC(=O)[C@H]1O[C@@H](Oc2ccc3c(c2)CCC2C3CC[C@]3(C)C(=O)CC(CCC(=O)Nc4ncc(C)s4)C23)[C@H](OC(C)=O)[C@@H](OC(C)=O)[C@@H]1OC(C)=O. The monoisotopic (exact) mass is 754 g/mol. The molecule has 4 aliphatic rings. The lowest BCUT2D eigenvalue weighted by Gasteiger charge is -2.50. The normalized spacial score (nSPS) is 31.6. The first-order chi connectivity index (χ1) is 25.2. The number of benzene rings is 1. The maximum absolute atomic E-state index is 13.5. The van der Waals surface area contributed by atoms with Crippen molar-refractivity contribution in [1.82, 2.24) is 4.98 Å². The first kappa shape index (κ1) is 38.4. The van der Waals surface area contributed by atoms with Gasteiger partial charge in [-0.2, -0.15) is 0 Å². The summed E-state index contributed by atoms with van der Waals surface area (Å²) in [5.74, 6) is -1.92. The van der Waals surface area contributed by atoms with Crippen molar-refractivity contribution in [3.63, 3.8) is 0 Å². The van der Waals surface area contributed by atoms with Crippen LogP contribution in [-0.4, -0.2) is 78.4 Å². The quantitative estimate of drug-likeness (QED) is 0.263. The number of fused-ring (bicyclic) bond motifs is 5. The highest BCUT2D eigenvalue weighted by molar-refractivity contribution is 7.15. The number of carbonyl (C=O) groups is 6. The Bertz CT molecular complexity index is 1780. The molecule has 53 heavy (non-hydrogen) atoms. The average Bonchev–Trinajstić information content (AvgIpc) is 3.62. The van der Waals surface area contributed by atoms with E-state index in [1.165, 1.54) is 16.9 Å². The van der Waals surface area contributed by atoms with Crippen LogP contribution in [-0.2, 0) is 58.9 Å². The number of hydrogen-bond donors (Lipinski definition) is 1. The van der Waals surface area contributed by atoms with Crippen molar-refractivity contribution in [2.45, 2.75) is 116 Å². The fourth-order valence-corrected chi connectivity index (χ4v) is 9.86. The van der Waals surface area contributed by atoms with E-state index in [2.05, 4.69) is 17.2 Å². The number of ketones is 1. The zero-order valence-electron chi connectivity index (χ0n) is 30.7. The zero-order valence-corrected chi connectivity index (χ0v) is 31.5. The fraction of sp³-hybridized carbons (Fsp3) is 0.605. The molecular weight excluding hydrogens is 708 g/mol. The Morgan fingerprint density at radius 3 is 2.36 bits per heavy atom. The summed E-state index contributed by atoms with van der Waals surface area (Å²) >= 11 is 1.43. The highest BCUT2D eigenvalue weighted by atomic mass is 32.1. The first-order valence-electron chi connectivity index (χ1n) is 18.0. The van der Waals surface area contributed by atoms with E-state index in [4.69, 9.17) is 28.4 Å². The van der Waals surface area contributed by atoms with Gasteiger partial charge in [-0.15, -0.1) is 11.3 Å². The van der Waals surface area contributed by atoms with Gasteiger partial charge in [0, 0.05) is 50.1 Å². The van der Waals surface area contributed by atoms with Gasteiger partial charge in [-0.05, 0) is 86.0 Å². The number of thiazole rings is 1. The number of amides is 1. The van der Waals surface area contributed by atoms with Gasteiger partial charge in [0.2, 0.25) is 18.3 Å². The van der Waals surface area contributed by atoms with Crippen LogP contribution in [0.4, 0.5) is 5.13 Å². The van der Waals surface area contributed by atoms with Crippen LogP contribution in [0.2, 0.25) is 0 Å². The Balaban J connectivity index is 1.21. The number of Topliss-reactive ketones (excluding diaryl/α,β-unsaturated/α-hetero) is 1. The molecule has 1 aromatic carbocycles. The van der Waals surface area contributed by atoms with Crippen molar-refractivity contribution in [3.05, 3.63) is 40.4 Å². The molecule has 1 N–H and O–H groups in total. The molecule has 286 valence electrons. The Morgan fingerprint density at radius 2 is 1.70 bits per heavy atom. The molecule has 1 aromatic heterocycles. The molecule has 1 saturated heterocycles. The summed E-state index contributed by atoms with van der Waals surface area (Å²) < 4.78 is 33.4. The maximum atomic E-state index is 13.5. The minimum Gasteiger partial charge on any atom is -0.467 e. The highest BCUT2D eigenvalue weighted by Gasteiger charge is 2.59. The molecule has 14 nitrogen and oxygen atoms in total. The van der Waals surface area contributed by atoms with E-state index in [9.17, 15) is 28.8 Å². The van der Waals surface area contributed by atoms with Crippen LogP contribution in [0.3, 0.4) is 0 Å². The van der Waals surface area contributed by atoms with Gasteiger partial charge >= 0.3 is 23.9 Å². The van der Waals surface area contributed by atoms with Gasteiger partial charge in [-0.1, -0.05) is 13.0 Å². The number of aromatic nitrogens is 1. The molecular formula is C38H46N2O12S. The Kier molecular flexibility index (Phi) is 11.2. The van der Waals surface area contributed by atoms with Gasteiger partial charge in [0.1, 0.15) is 11.5 Å². The van der Waals surface area contributed by atoms with E-state index in [1.54, 1.807) is 12.3 Å². The molecule has 1 amide bonds. The predicted octanol–water partition coefficient (Wildman–Crippen LogP) is 4.59. The summed E-state index contributed by atoms with van der Waals surface area (Å²) in [6.45, 7) is 7.45. The van der Waals surface area contributed by atoms with Crippen LogP contribution in [0.25, 0.3) is 0 Å². The van der Waals surface area contributed by atoms with Crippen LogP contribution in [0.15, 0.2) is 24.4 Å². The van der Waals surface area contributed by atoms with Gasteiger partial charge in [0.25, 0.3) is 0 Å². The smallest absolute Gasteiger partial charge is 0.339 e. The van der Waals surface area contributed by atoms with Gasteiger partial charge < -0.3 is 33.7 Å². The number of methoxy groups -OCH3 is 1. The van der Waals surface area contributed by atoms with E-state index in [0.717, 1.165) is 64.0 Å². The summed E-state index contributed by atoms with van der Waals surface area (Å²) in [5.41, 5.74) is 1.81. The Morgan fingerprint density at radius 1 is 1.00 bits per heavy atom. The van der Waals surface area contributed by atoms with Gasteiger partial charge in [-0.3, -0.25) is 24.0 Å². The lowest BCUT2D eigenvalue weighted by atomic mass is 9.54. The van der Waals surface area contributed by atoms with Crippen molar-refractivity contribution in [3.8, 4) is 5.75 Å². The molecule has 1 aliphatic heterocycles. The zero-order chi connectivity index (χ0) is 38.2. The molecule has 4 unspecified atom stereocenters. The topological polar surface area (TPSA) is 183 Å². The summed E-state index contributed by atoms with van der Waals surface area (Å²) in [7, 11) is 1.13. The molecule has 0 bridgehead atoms. The number of aryl methyl sites for hydroxylation is 2. The molecule has 3 aliphatic carbocycles. The molecule has 2 heterocycles. The number of hydrogen-bond acceptors (Lipinski definition) is 14. The van der Waals surface area contributed by atoms with E-state index < -0.39 is 60.0 Å². The number of esters is 4. The van der Waals surface area contributed by atoms with Crippen LogP contribution >= 0.6 is 11.3 Å². The minimum absolute atomic E-state index is 0.0915. The van der Waals surface area contributed by atoms with Crippen molar-refractivity contribution < 1.29 is 57.2 Å². The summed E-state index contributed by atoms with van der Waals surface area (Å²) in [5, 5.41) is 3.48. The van der Waals surface area contributed by atoms with Crippen molar-refractivity contribution in [1.29, 1.82) is 0 Å². The molecule has 6 rings (SSSR count). The number of nitrogens with one attached hydrogen (secondary N) is 1. The predicted molar refractivity (Wildman–Crippen MR) is 188 cm³/mol. The molecule has 0 radical (unpaired) electrons. The average molecular weight is 755 g/mol. The van der Waals surface area contributed by atoms with Crippen LogP contribution in [0.5, 0.6) is 5.75 Å². The third-order valence-electron chi connectivity index (χ3n) is 11.2. The molecule has 10 atom stereocenters. The van der Waals surface area contributed by atoms with Crippen molar-refractivity contribution in [2.24, 2.45) is 23.2 Å². The second kappa shape index (κ2) is 15.5. The lowest BCUT2D eigenvalue weighted by molar-refractivity contribution is -0.282. The lowest BCUT2D eigenvalue weighted by Crippen LogP contribution is -2.64. The Hall–Kier alpha value is -4.37. The fourth-order valence-electron chi connectivity index (χ4n) is 9.18. The summed E-state index contributed by atoms with van der Waals surface area (Å²) in [6, 6.07) is 5.67. The highest BCUT2D eigenvalue weighted by Crippen LogP contribution is 2.62. The van der Waals surface area contributed by atoms with Crippen LogP contribution in [0, 0.1) is 30.1 Å². The molecule has 2 saturated carbocycles.